The number of hydrogen-bond donors (Lipinski definition) is 0. The minimum Gasteiger partial charge on any atom is -0.378 e. The summed E-state index contributed by atoms with van der Waals surface area (Å²) in [7, 11) is 2.89. The maximum atomic E-state index is 12.2. The number of ether oxygens (including phenoxy) is 1. The van der Waals surface area contributed by atoms with E-state index < -0.39 is 11.2 Å². The van der Waals surface area contributed by atoms with E-state index in [1.165, 1.54) is 24.9 Å². The molecule has 2 heterocycles. The molecular weight excluding hydrogens is 236 g/mol. The van der Waals surface area contributed by atoms with Gasteiger partial charge in [0.25, 0.3) is 5.56 Å². The number of Topliss-reactive ketones (excluding diaryl/α,β-unsaturated/α-hetero) is 1. The standard InChI is InChI=1S/C12H16N2O4/c1-7-4-8(6-18-7)10(15)9-5-13(2)12(17)14(3)11(9)16/h5,7-8H,4,6H2,1-3H3. The molecule has 0 spiro atoms. The summed E-state index contributed by atoms with van der Waals surface area (Å²) >= 11 is 0. The third-order valence-corrected chi connectivity index (χ3v) is 3.28. The molecule has 0 bridgehead atoms. The van der Waals surface area contributed by atoms with Crippen molar-refractivity contribution in [3.8, 4) is 0 Å². The van der Waals surface area contributed by atoms with Crippen LogP contribution in [0.5, 0.6) is 0 Å². The highest BCUT2D eigenvalue weighted by molar-refractivity contribution is 5.97. The summed E-state index contributed by atoms with van der Waals surface area (Å²) in [6.45, 7) is 2.23. The van der Waals surface area contributed by atoms with Gasteiger partial charge in [0.1, 0.15) is 0 Å². The molecule has 1 fully saturated rings. The molecule has 0 aliphatic carbocycles. The van der Waals surface area contributed by atoms with Gasteiger partial charge in [0.05, 0.1) is 18.3 Å². The van der Waals surface area contributed by atoms with Crippen LogP contribution in [-0.4, -0.2) is 27.6 Å². The quantitative estimate of drug-likeness (QED) is 0.677. The van der Waals surface area contributed by atoms with Crippen molar-refractivity contribution < 1.29 is 9.53 Å². The maximum absolute atomic E-state index is 12.2. The zero-order valence-electron chi connectivity index (χ0n) is 10.7. The smallest absolute Gasteiger partial charge is 0.330 e. The number of carbonyl (C=O) groups is 1. The largest absolute Gasteiger partial charge is 0.378 e. The van der Waals surface area contributed by atoms with Gasteiger partial charge in [0, 0.05) is 26.2 Å². The van der Waals surface area contributed by atoms with E-state index in [-0.39, 0.29) is 23.4 Å². The molecule has 2 unspecified atom stereocenters. The van der Waals surface area contributed by atoms with Crippen LogP contribution in [0.1, 0.15) is 23.7 Å². The average Bonchev–Trinajstić information content (AvgIpc) is 2.77. The first-order valence-electron chi connectivity index (χ1n) is 5.84. The Labute approximate surface area is 104 Å². The van der Waals surface area contributed by atoms with Crippen molar-refractivity contribution in [2.45, 2.75) is 19.4 Å². The van der Waals surface area contributed by atoms with Crippen LogP contribution in [0.2, 0.25) is 0 Å². The molecule has 0 radical (unpaired) electrons. The second-order valence-electron chi connectivity index (χ2n) is 4.74. The van der Waals surface area contributed by atoms with Crippen LogP contribution in [0.3, 0.4) is 0 Å². The number of hydrogen-bond acceptors (Lipinski definition) is 4. The number of nitrogens with zero attached hydrogens (tertiary/aromatic N) is 2. The van der Waals surface area contributed by atoms with Gasteiger partial charge in [0.15, 0.2) is 5.78 Å². The zero-order valence-corrected chi connectivity index (χ0v) is 10.7. The van der Waals surface area contributed by atoms with Gasteiger partial charge < -0.3 is 9.30 Å². The number of carbonyl (C=O) groups excluding carboxylic acids is 1. The Hall–Kier alpha value is -1.69. The highest BCUT2D eigenvalue weighted by Gasteiger charge is 2.31. The number of aryl methyl sites for hydroxylation is 1. The highest BCUT2D eigenvalue weighted by Crippen LogP contribution is 2.21. The molecule has 0 saturated carbocycles. The highest BCUT2D eigenvalue weighted by atomic mass is 16.5. The summed E-state index contributed by atoms with van der Waals surface area (Å²) < 4.78 is 7.53. The van der Waals surface area contributed by atoms with E-state index in [0.717, 1.165) is 4.57 Å². The van der Waals surface area contributed by atoms with Gasteiger partial charge in [-0.3, -0.25) is 14.2 Å². The van der Waals surface area contributed by atoms with Gasteiger partial charge in [-0.15, -0.1) is 0 Å². The van der Waals surface area contributed by atoms with Crippen LogP contribution in [0.15, 0.2) is 15.8 Å². The Morgan fingerprint density at radius 1 is 1.39 bits per heavy atom. The molecule has 6 nitrogen and oxygen atoms in total. The molecule has 1 aliphatic heterocycles. The Balaban J connectivity index is 2.43. The first kappa shape index (κ1) is 12.8. The minimum atomic E-state index is -0.539. The lowest BCUT2D eigenvalue weighted by atomic mass is 9.97. The molecule has 1 aromatic heterocycles. The van der Waals surface area contributed by atoms with Gasteiger partial charge in [0.2, 0.25) is 0 Å². The third kappa shape index (κ3) is 2.03. The fraction of sp³-hybridized carbons (Fsp3) is 0.583. The summed E-state index contributed by atoms with van der Waals surface area (Å²) in [6, 6.07) is 0. The van der Waals surface area contributed by atoms with Crippen LogP contribution in [-0.2, 0) is 18.8 Å². The predicted molar refractivity (Wildman–Crippen MR) is 64.8 cm³/mol. The molecule has 2 atom stereocenters. The number of aromatic nitrogens is 2. The van der Waals surface area contributed by atoms with Crippen molar-refractivity contribution in [2.75, 3.05) is 6.61 Å². The fourth-order valence-electron chi connectivity index (χ4n) is 2.20. The second kappa shape index (κ2) is 4.53. The molecule has 1 aliphatic rings. The van der Waals surface area contributed by atoms with Gasteiger partial charge in [-0.2, -0.15) is 0 Å². The van der Waals surface area contributed by atoms with Crippen molar-refractivity contribution in [1.29, 1.82) is 0 Å². The van der Waals surface area contributed by atoms with Crippen LogP contribution >= 0.6 is 0 Å². The molecule has 1 saturated heterocycles. The van der Waals surface area contributed by atoms with Crippen LogP contribution in [0.4, 0.5) is 0 Å². The van der Waals surface area contributed by atoms with Crippen LogP contribution in [0.25, 0.3) is 0 Å². The number of rotatable bonds is 2. The Bertz CT molecular complexity index is 599. The van der Waals surface area contributed by atoms with E-state index in [1.54, 1.807) is 0 Å². The monoisotopic (exact) mass is 252 g/mol. The van der Waals surface area contributed by atoms with E-state index in [2.05, 4.69) is 0 Å². The van der Waals surface area contributed by atoms with Crippen molar-refractivity contribution in [1.82, 2.24) is 9.13 Å². The van der Waals surface area contributed by atoms with E-state index in [0.29, 0.717) is 13.0 Å². The van der Waals surface area contributed by atoms with Crippen LogP contribution in [0, 0.1) is 5.92 Å². The van der Waals surface area contributed by atoms with Gasteiger partial charge in [-0.05, 0) is 13.3 Å². The summed E-state index contributed by atoms with van der Waals surface area (Å²) in [6.07, 6.45) is 1.97. The molecule has 0 N–H and O–H groups in total. The molecule has 0 amide bonds. The van der Waals surface area contributed by atoms with Crippen molar-refractivity contribution in [3.05, 3.63) is 32.6 Å². The van der Waals surface area contributed by atoms with E-state index in [1.807, 2.05) is 6.92 Å². The molecule has 98 valence electrons. The third-order valence-electron chi connectivity index (χ3n) is 3.28. The Morgan fingerprint density at radius 2 is 2.06 bits per heavy atom. The van der Waals surface area contributed by atoms with E-state index >= 15 is 0 Å². The van der Waals surface area contributed by atoms with E-state index in [4.69, 9.17) is 4.74 Å². The SMILES string of the molecule is CC1CC(C(=O)c2cn(C)c(=O)n(C)c2=O)CO1. The molecule has 18 heavy (non-hydrogen) atoms. The second-order valence-corrected chi connectivity index (χ2v) is 4.74. The first-order valence-corrected chi connectivity index (χ1v) is 5.84. The van der Waals surface area contributed by atoms with Crippen molar-refractivity contribution in [2.24, 2.45) is 20.0 Å². The van der Waals surface area contributed by atoms with Gasteiger partial charge in [-0.25, -0.2) is 4.79 Å². The van der Waals surface area contributed by atoms with Crippen LogP contribution < -0.4 is 11.2 Å². The first-order chi connectivity index (χ1) is 8.41. The lowest BCUT2D eigenvalue weighted by molar-refractivity contribution is 0.0874. The average molecular weight is 252 g/mol. The van der Waals surface area contributed by atoms with Crippen molar-refractivity contribution >= 4 is 5.78 Å². The van der Waals surface area contributed by atoms with Gasteiger partial charge in [-0.1, -0.05) is 0 Å². The summed E-state index contributed by atoms with van der Waals surface area (Å²) in [4.78, 5) is 35.7. The Kier molecular flexibility index (Phi) is 3.21. The molecule has 1 aromatic rings. The Morgan fingerprint density at radius 3 is 2.61 bits per heavy atom. The van der Waals surface area contributed by atoms with Crippen molar-refractivity contribution in [3.63, 3.8) is 0 Å². The van der Waals surface area contributed by atoms with E-state index in [9.17, 15) is 14.4 Å². The normalized spacial score (nSPS) is 23.3. The minimum absolute atomic E-state index is 0.0373. The predicted octanol–water partition coefficient (Wildman–Crippen LogP) is -0.308. The molecule has 6 heteroatoms. The summed E-state index contributed by atoms with van der Waals surface area (Å²) in [5, 5.41) is 0. The summed E-state index contributed by atoms with van der Waals surface area (Å²) in [5.41, 5.74) is -0.919. The fourth-order valence-corrected chi connectivity index (χ4v) is 2.20. The molecular formula is C12H16N2O4. The molecule has 0 aromatic carbocycles. The lowest BCUT2D eigenvalue weighted by Gasteiger charge is -2.09. The summed E-state index contributed by atoms with van der Waals surface area (Å²) in [5.74, 6) is -0.527. The number of ketones is 1. The van der Waals surface area contributed by atoms with Gasteiger partial charge >= 0.3 is 5.69 Å². The maximum Gasteiger partial charge on any atom is 0.330 e. The zero-order chi connectivity index (χ0) is 13.4. The lowest BCUT2D eigenvalue weighted by Crippen LogP contribution is -2.40. The topological polar surface area (TPSA) is 70.3 Å². The molecule has 2 rings (SSSR count).